The third-order valence-electron chi connectivity index (χ3n) is 5.96. The first-order valence-corrected chi connectivity index (χ1v) is 10.1. The first-order chi connectivity index (χ1) is 13.7. The third-order valence-corrected chi connectivity index (χ3v) is 5.96. The van der Waals surface area contributed by atoms with Crippen molar-refractivity contribution in [3.8, 4) is 0 Å². The Morgan fingerprint density at radius 2 is 1.79 bits per heavy atom. The molecule has 0 saturated carbocycles. The van der Waals surface area contributed by atoms with Gasteiger partial charge in [0.1, 0.15) is 6.04 Å². The van der Waals surface area contributed by atoms with Crippen LogP contribution >= 0.6 is 0 Å². The number of nitrogens with one attached hydrogen (secondary N) is 2. The molecule has 0 radical (unpaired) electrons. The maximum Gasteiger partial charge on any atom is 0.287 e. The summed E-state index contributed by atoms with van der Waals surface area (Å²) in [5.74, 6) is 1.18. The highest BCUT2D eigenvalue weighted by Crippen LogP contribution is 2.27. The summed E-state index contributed by atoms with van der Waals surface area (Å²) in [4.78, 5) is 27.8. The number of hydrogen-bond donors (Lipinski definition) is 2. The lowest BCUT2D eigenvalue weighted by molar-refractivity contribution is -0.133. The molecule has 3 heterocycles. The van der Waals surface area contributed by atoms with Crippen molar-refractivity contribution in [1.82, 2.24) is 15.5 Å². The molecule has 0 spiro atoms. The number of amides is 2. The van der Waals surface area contributed by atoms with Gasteiger partial charge in [0, 0.05) is 19.5 Å². The molecular formula is C22H27N3O3. The lowest BCUT2D eigenvalue weighted by Crippen LogP contribution is -2.50. The predicted molar refractivity (Wildman–Crippen MR) is 106 cm³/mol. The summed E-state index contributed by atoms with van der Waals surface area (Å²) in [6.45, 7) is 3.61. The van der Waals surface area contributed by atoms with Crippen LogP contribution in [0, 0.1) is 11.8 Å². The quantitative estimate of drug-likeness (QED) is 0.832. The molecule has 0 bridgehead atoms. The molecule has 148 valence electrons. The van der Waals surface area contributed by atoms with Crippen LogP contribution in [-0.2, 0) is 11.2 Å². The number of rotatable bonds is 5. The molecule has 0 aliphatic carbocycles. The van der Waals surface area contributed by atoms with Gasteiger partial charge in [-0.15, -0.1) is 0 Å². The number of carbonyl (C=O) groups is 2. The van der Waals surface area contributed by atoms with Gasteiger partial charge in [-0.1, -0.05) is 30.3 Å². The summed E-state index contributed by atoms with van der Waals surface area (Å²) >= 11 is 0. The van der Waals surface area contributed by atoms with E-state index in [4.69, 9.17) is 4.42 Å². The van der Waals surface area contributed by atoms with E-state index in [1.54, 1.807) is 12.1 Å². The van der Waals surface area contributed by atoms with E-state index in [2.05, 4.69) is 10.6 Å². The molecular weight excluding hydrogens is 354 g/mol. The number of furan rings is 1. The minimum absolute atomic E-state index is 0.00306. The molecule has 2 N–H and O–H groups in total. The Balaban J connectivity index is 1.48. The summed E-state index contributed by atoms with van der Waals surface area (Å²) in [7, 11) is 0. The molecule has 1 unspecified atom stereocenters. The van der Waals surface area contributed by atoms with Gasteiger partial charge in [0.2, 0.25) is 5.91 Å². The molecule has 2 fully saturated rings. The Labute approximate surface area is 165 Å². The molecule has 1 aromatic carbocycles. The first kappa shape index (κ1) is 18.7. The number of nitrogens with zero attached hydrogens (tertiary/aromatic N) is 1. The zero-order chi connectivity index (χ0) is 19.3. The Morgan fingerprint density at radius 1 is 1.07 bits per heavy atom. The van der Waals surface area contributed by atoms with Crippen molar-refractivity contribution in [3.63, 3.8) is 0 Å². The Morgan fingerprint density at radius 3 is 2.43 bits per heavy atom. The maximum absolute atomic E-state index is 13.3. The Kier molecular flexibility index (Phi) is 5.76. The minimum atomic E-state index is -0.601. The normalized spacial score (nSPS) is 22.9. The highest BCUT2D eigenvalue weighted by molar-refractivity contribution is 5.95. The Bertz CT molecular complexity index is 777. The van der Waals surface area contributed by atoms with Gasteiger partial charge in [0.25, 0.3) is 5.91 Å². The van der Waals surface area contributed by atoms with Crippen molar-refractivity contribution in [3.05, 3.63) is 60.1 Å². The van der Waals surface area contributed by atoms with Crippen molar-refractivity contribution in [2.45, 2.75) is 25.3 Å². The summed E-state index contributed by atoms with van der Waals surface area (Å²) in [5, 5.41) is 6.36. The number of hydrogen-bond acceptors (Lipinski definition) is 4. The average Bonchev–Trinajstić information content (AvgIpc) is 3.37. The van der Waals surface area contributed by atoms with Crippen LogP contribution in [0.3, 0.4) is 0 Å². The topological polar surface area (TPSA) is 74.6 Å². The van der Waals surface area contributed by atoms with Gasteiger partial charge in [-0.3, -0.25) is 9.59 Å². The molecule has 2 aliphatic heterocycles. The smallest absolute Gasteiger partial charge is 0.287 e. The Hall–Kier alpha value is -2.60. The van der Waals surface area contributed by atoms with Crippen molar-refractivity contribution in [1.29, 1.82) is 0 Å². The van der Waals surface area contributed by atoms with Gasteiger partial charge >= 0.3 is 0 Å². The van der Waals surface area contributed by atoms with Crippen LogP contribution in [-0.4, -0.2) is 48.9 Å². The molecule has 2 aromatic rings. The number of fused-ring (bicyclic) bond motifs is 1. The monoisotopic (exact) mass is 381 g/mol. The van der Waals surface area contributed by atoms with E-state index in [0.29, 0.717) is 18.3 Å². The van der Waals surface area contributed by atoms with Crippen LogP contribution in [0.5, 0.6) is 0 Å². The molecule has 2 aliphatic rings. The average molecular weight is 381 g/mol. The number of carbonyl (C=O) groups excluding carboxylic acids is 2. The van der Waals surface area contributed by atoms with Gasteiger partial charge in [0.15, 0.2) is 5.76 Å². The van der Waals surface area contributed by atoms with Gasteiger partial charge in [-0.05, 0) is 55.5 Å². The van der Waals surface area contributed by atoms with Crippen molar-refractivity contribution < 1.29 is 14.0 Å². The standard InChI is InChI=1S/C22H27N3O3/c26-21(20-7-4-12-28-20)24-19(13-16-5-2-1-3-6-16)22(27)25-10-8-17-14-23-15-18(17)9-11-25/h1-7,12,17-19,23H,8-11,13-15H2,(H,24,26)/t17-,18+,19?. The molecule has 2 saturated heterocycles. The molecule has 6 nitrogen and oxygen atoms in total. The molecule has 3 atom stereocenters. The summed E-state index contributed by atoms with van der Waals surface area (Å²) < 4.78 is 5.20. The van der Waals surface area contributed by atoms with Crippen LogP contribution in [0.4, 0.5) is 0 Å². The number of likely N-dealkylation sites (tertiary alicyclic amines) is 1. The van der Waals surface area contributed by atoms with E-state index in [1.807, 2.05) is 35.2 Å². The largest absolute Gasteiger partial charge is 0.459 e. The maximum atomic E-state index is 13.3. The fourth-order valence-electron chi connectivity index (χ4n) is 4.35. The van der Waals surface area contributed by atoms with E-state index < -0.39 is 6.04 Å². The van der Waals surface area contributed by atoms with Crippen LogP contribution in [0.15, 0.2) is 53.1 Å². The van der Waals surface area contributed by atoms with Gasteiger partial charge < -0.3 is 20.0 Å². The zero-order valence-electron chi connectivity index (χ0n) is 16.0. The fraction of sp³-hybridized carbons (Fsp3) is 0.455. The van der Waals surface area contributed by atoms with Crippen LogP contribution < -0.4 is 10.6 Å². The highest BCUT2D eigenvalue weighted by atomic mass is 16.3. The zero-order valence-corrected chi connectivity index (χ0v) is 16.0. The first-order valence-electron chi connectivity index (χ1n) is 10.1. The van der Waals surface area contributed by atoms with Gasteiger partial charge in [-0.2, -0.15) is 0 Å². The van der Waals surface area contributed by atoms with Crippen molar-refractivity contribution >= 4 is 11.8 Å². The van der Waals surface area contributed by atoms with Gasteiger partial charge in [0.05, 0.1) is 6.26 Å². The molecule has 28 heavy (non-hydrogen) atoms. The summed E-state index contributed by atoms with van der Waals surface area (Å²) in [6.07, 6.45) is 3.97. The van der Waals surface area contributed by atoms with E-state index >= 15 is 0 Å². The van der Waals surface area contributed by atoms with Crippen molar-refractivity contribution in [2.75, 3.05) is 26.2 Å². The second kappa shape index (κ2) is 8.61. The van der Waals surface area contributed by atoms with Gasteiger partial charge in [-0.25, -0.2) is 0 Å². The number of benzene rings is 1. The second-order valence-corrected chi connectivity index (χ2v) is 7.77. The van der Waals surface area contributed by atoms with Crippen molar-refractivity contribution in [2.24, 2.45) is 11.8 Å². The lowest BCUT2D eigenvalue weighted by Gasteiger charge is -2.27. The molecule has 4 rings (SSSR count). The van der Waals surface area contributed by atoms with E-state index in [9.17, 15) is 9.59 Å². The fourth-order valence-corrected chi connectivity index (χ4v) is 4.35. The lowest BCUT2D eigenvalue weighted by atomic mass is 9.92. The SMILES string of the molecule is O=C(NC(Cc1ccccc1)C(=O)N1CC[C@@H]2CNC[C@@H]2CC1)c1ccco1. The summed E-state index contributed by atoms with van der Waals surface area (Å²) in [6, 6.07) is 12.5. The van der Waals surface area contributed by atoms with Crippen LogP contribution in [0.2, 0.25) is 0 Å². The predicted octanol–water partition coefficient (Wildman–Crippen LogP) is 2.08. The van der Waals surface area contributed by atoms with Crippen LogP contribution in [0.25, 0.3) is 0 Å². The molecule has 2 amide bonds. The highest BCUT2D eigenvalue weighted by Gasteiger charge is 2.34. The van der Waals surface area contributed by atoms with Crippen LogP contribution in [0.1, 0.15) is 29.0 Å². The van der Waals surface area contributed by atoms with E-state index in [1.165, 1.54) is 6.26 Å². The summed E-state index contributed by atoms with van der Waals surface area (Å²) in [5.41, 5.74) is 1.02. The minimum Gasteiger partial charge on any atom is -0.459 e. The van der Waals surface area contributed by atoms with E-state index in [0.717, 1.165) is 44.6 Å². The third kappa shape index (κ3) is 4.28. The molecule has 1 aromatic heterocycles. The van der Waals surface area contributed by atoms with E-state index in [-0.39, 0.29) is 17.6 Å². The molecule has 6 heteroatoms. The second-order valence-electron chi connectivity index (χ2n) is 7.77.